The third-order valence-electron chi connectivity index (χ3n) is 4.23. The number of likely N-dealkylation sites (tertiary alicyclic amines) is 1. The Kier molecular flexibility index (Phi) is 4.77. The number of methoxy groups -OCH3 is 1. The number of rotatable bonds is 4. The molecular weight excluding hydrogens is 200 g/mol. The molecule has 0 aromatic heterocycles. The van der Waals surface area contributed by atoms with Gasteiger partial charge in [-0.3, -0.25) is 4.90 Å². The van der Waals surface area contributed by atoms with Crippen LogP contribution >= 0.6 is 0 Å². The van der Waals surface area contributed by atoms with Crippen molar-refractivity contribution in [1.29, 1.82) is 0 Å². The molecular formula is C13H28N2O. The van der Waals surface area contributed by atoms with E-state index >= 15 is 0 Å². The van der Waals surface area contributed by atoms with Crippen molar-refractivity contribution >= 4 is 0 Å². The Morgan fingerprint density at radius 3 is 2.25 bits per heavy atom. The molecule has 1 saturated heterocycles. The van der Waals surface area contributed by atoms with Crippen LogP contribution < -0.4 is 5.73 Å². The fraction of sp³-hybridized carbons (Fsp3) is 1.00. The molecule has 96 valence electrons. The quantitative estimate of drug-likeness (QED) is 0.796. The number of nitrogens with zero attached hydrogens (tertiary/aromatic N) is 1. The molecule has 3 nitrogen and oxygen atoms in total. The molecule has 0 spiro atoms. The van der Waals surface area contributed by atoms with Gasteiger partial charge in [0.2, 0.25) is 0 Å². The standard InChI is InChI=1S/C13H28N2O/c1-10-6-11(2)8-15(7-10)13(4,9-14)12(3)16-5/h10-12H,6-9,14H2,1-5H3. The lowest BCUT2D eigenvalue weighted by Gasteiger charge is -2.49. The molecule has 1 aliphatic rings. The first-order chi connectivity index (χ1) is 7.43. The Labute approximate surface area is 100 Å². The molecule has 4 unspecified atom stereocenters. The van der Waals surface area contributed by atoms with E-state index < -0.39 is 0 Å². The van der Waals surface area contributed by atoms with Crippen molar-refractivity contribution in [3.63, 3.8) is 0 Å². The highest BCUT2D eigenvalue weighted by atomic mass is 16.5. The molecule has 0 radical (unpaired) electrons. The maximum Gasteiger partial charge on any atom is 0.0736 e. The van der Waals surface area contributed by atoms with Crippen molar-refractivity contribution < 1.29 is 4.74 Å². The normalized spacial score (nSPS) is 33.4. The Morgan fingerprint density at radius 1 is 1.38 bits per heavy atom. The van der Waals surface area contributed by atoms with Crippen molar-refractivity contribution in [2.75, 3.05) is 26.7 Å². The van der Waals surface area contributed by atoms with Crippen LogP contribution in [0, 0.1) is 11.8 Å². The van der Waals surface area contributed by atoms with Crippen LogP contribution in [0.3, 0.4) is 0 Å². The number of piperidine rings is 1. The third kappa shape index (κ3) is 2.76. The lowest BCUT2D eigenvalue weighted by molar-refractivity contribution is -0.0553. The minimum atomic E-state index is -0.0301. The summed E-state index contributed by atoms with van der Waals surface area (Å²) in [6, 6.07) is 0. The molecule has 3 heteroatoms. The summed E-state index contributed by atoms with van der Waals surface area (Å²) in [5.41, 5.74) is 5.95. The van der Waals surface area contributed by atoms with Gasteiger partial charge in [-0.15, -0.1) is 0 Å². The molecule has 4 atom stereocenters. The maximum atomic E-state index is 5.98. The van der Waals surface area contributed by atoms with Crippen LogP contribution in [0.5, 0.6) is 0 Å². The highest BCUT2D eigenvalue weighted by Gasteiger charge is 2.39. The van der Waals surface area contributed by atoms with Gasteiger partial charge < -0.3 is 10.5 Å². The van der Waals surface area contributed by atoms with E-state index in [0.717, 1.165) is 24.9 Å². The topological polar surface area (TPSA) is 38.5 Å². The smallest absolute Gasteiger partial charge is 0.0736 e. The predicted octanol–water partition coefficient (Wildman–Crippen LogP) is 1.72. The summed E-state index contributed by atoms with van der Waals surface area (Å²) in [4.78, 5) is 2.53. The second kappa shape index (κ2) is 5.48. The first kappa shape index (κ1) is 13.9. The number of hydrogen-bond acceptors (Lipinski definition) is 3. The zero-order chi connectivity index (χ0) is 12.3. The fourth-order valence-corrected chi connectivity index (χ4v) is 2.89. The Hall–Kier alpha value is -0.120. The fourth-order valence-electron chi connectivity index (χ4n) is 2.89. The second-order valence-electron chi connectivity index (χ2n) is 5.79. The number of ether oxygens (including phenoxy) is 1. The largest absolute Gasteiger partial charge is 0.380 e. The van der Waals surface area contributed by atoms with Crippen LogP contribution in [-0.2, 0) is 4.74 Å². The maximum absolute atomic E-state index is 5.98. The lowest BCUT2D eigenvalue weighted by atomic mass is 9.85. The van der Waals surface area contributed by atoms with Gasteiger partial charge in [0.15, 0.2) is 0 Å². The van der Waals surface area contributed by atoms with E-state index in [9.17, 15) is 0 Å². The summed E-state index contributed by atoms with van der Waals surface area (Å²) in [5, 5.41) is 0. The SMILES string of the molecule is COC(C)C(C)(CN)N1CC(C)CC(C)C1. The highest BCUT2D eigenvalue weighted by Crippen LogP contribution is 2.29. The van der Waals surface area contributed by atoms with Gasteiger partial charge in [-0.2, -0.15) is 0 Å². The summed E-state index contributed by atoms with van der Waals surface area (Å²) in [6.45, 7) is 12.0. The summed E-state index contributed by atoms with van der Waals surface area (Å²) in [5.74, 6) is 1.53. The molecule has 0 bridgehead atoms. The van der Waals surface area contributed by atoms with Crippen molar-refractivity contribution in [1.82, 2.24) is 4.90 Å². The van der Waals surface area contributed by atoms with Gasteiger partial charge >= 0.3 is 0 Å². The van der Waals surface area contributed by atoms with Crippen LogP contribution in [-0.4, -0.2) is 43.3 Å². The van der Waals surface area contributed by atoms with Crippen LogP contribution in [0.2, 0.25) is 0 Å². The van der Waals surface area contributed by atoms with E-state index in [0.29, 0.717) is 6.54 Å². The van der Waals surface area contributed by atoms with E-state index in [1.54, 1.807) is 7.11 Å². The molecule has 0 amide bonds. The summed E-state index contributed by atoms with van der Waals surface area (Å²) in [6.07, 6.45) is 1.51. The molecule has 1 rings (SSSR count). The van der Waals surface area contributed by atoms with Gasteiger partial charge in [0.05, 0.1) is 11.6 Å². The predicted molar refractivity (Wildman–Crippen MR) is 68.4 cm³/mol. The molecule has 0 aromatic carbocycles. The van der Waals surface area contributed by atoms with Crippen LogP contribution in [0.1, 0.15) is 34.1 Å². The lowest BCUT2D eigenvalue weighted by Crippen LogP contribution is -2.62. The Balaban J connectivity index is 2.78. The van der Waals surface area contributed by atoms with Gasteiger partial charge in [-0.05, 0) is 32.1 Å². The molecule has 1 heterocycles. The van der Waals surface area contributed by atoms with Gasteiger partial charge in [0, 0.05) is 26.7 Å². The van der Waals surface area contributed by atoms with E-state index in [-0.39, 0.29) is 11.6 Å². The van der Waals surface area contributed by atoms with E-state index in [1.807, 2.05) is 0 Å². The molecule has 0 aliphatic carbocycles. The second-order valence-corrected chi connectivity index (χ2v) is 5.79. The van der Waals surface area contributed by atoms with Crippen molar-refractivity contribution in [2.45, 2.75) is 45.8 Å². The minimum Gasteiger partial charge on any atom is -0.380 e. The monoisotopic (exact) mass is 228 g/mol. The molecule has 1 aliphatic heterocycles. The van der Waals surface area contributed by atoms with Crippen LogP contribution in [0.25, 0.3) is 0 Å². The zero-order valence-electron chi connectivity index (χ0n) is 11.5. The minimum absolute atomic E-state index is 0.0301. The van der Waals surface area contributed by atoms with E-state index in [1.165, 1.54) is 6.42 Å². The van der Waals surface area contributed by atoms with Gasteiger partial charge in [-0.25, -0.2) is 0 Å². The average Bonchev–Trinajstić information content (AvgIpc) is 2.25. The van der Waals surface area contributed by atoms with Gasteiger partial charge in [-0.1, -0.05) is 13.8 Å². The summed E-state index contributed by atoms with van der Waals surface area (Å²) >= 11 is 0. The Morgan fingerprint density at radius 2 is 1.88 bits per heavy atom. The Bertz CT molecular complexity index is 212. The molecule has 16 heavy (non-hydrogen) atoms. The van der Waals surface area contributed by atoms with E-state index in [2.05, 4.69) is 32.6 Å². The van der Waals surface area contributed by atoms with Gasteiger partial charge in [0.1, 0.15) is 0 Å². The van der Waals surface area contributed by atoms with Crippen LogP contribution in [0.15, 0.2) is 0 Å². The third-order valence-corrected chi connectivity index (χ3v) is 4.23. The molecule has 1 fully saturated rings. The van der Waals surface area contributed by atoms with Crippen molar-refractivity contribution in [3.05, 3.63) is 0 Å². The summed E-state index contributed by atoms with van der Waals surface area (Å²) in [7, 11) is 1.77. The van der Waals surface area contributed by atoms with E-state index in [4.69, 9.17) is 10.5 Å². The van der Waals surface area contributed by atoms with Crippen molar-refractivity contribution in [3.8, 4) is 0 Å². The summed E-state index contributed by atoms with van der Waals surface area (Å²) < 4.78 is 5.51. The highest BCUT2D eigenvalue weighted by molar-refractivity contribution is 4.95. The molecule has 0 aromatic rings. The van der Waals surface area contributed by atoms with Crippen molar-refractivity contribution in [2.24, 2.45) is 17.6 Å². The molecule has 0 saturated carbocycles. The van der Waals surface area contributed by atoms with Gasteiger partial charge in [0.25, 0.3) is 0 Å². The first-order valence-corrected chi connectivity index (χ1v) is 6.42. The molecule has 2 N–H and O–H groups in total. The zero-order valence-corrected chi connectivity index (χ0v) is 11.5. The number of hydrogen-bond donors (Lipinski definition) is 1. The average molecular weight is 228 g/mol. The number of nitrogens with two attached hydrogens (primary N) is 1. The first-order valence-electron chi connectivity index (χ1n) is 6.42. The van der Waals surface area contributed by atoms with Crippen LogP contribution in [0.4, 0.5) is 0 Å².